The summed E-state index contributed by atoms with van der Waals surface area (Å²) in [5.74, 6) is 1.47. The summed E-state index contributed by atoms with van der Waals surface area (Å²) in [7, 11) is 0. The van der Waals surface area contributed by atoms with Crippen LogP contribution in [0.4, 0.5) is 5.82 Å². The highest BCUT2D eigenvalue weighted by Crippen LogP contribution is 2.44. The molecule has 2 saturated carbocycles. The molecule has 0 atom stereocenters. The van der Waals surface area contributed by atoms with Gasteiger partial charge in [0.05, 0.1) is 25.1 Å². The van der Waals surface area contributed by atoms with Crippen molar-refractivity contribution in [1.29, 1.82) is 0 Å². The second kappa shape index (κ2) is 7.61. The third kappa shape index (κ3) is 4.10. The zero-order chi connectivity index (χ0) is 20.8. The normalized spacial score (nSPS) is 29.6. The molecular weight excluding hydrogens is 378 g/mol. The molecule has 2 aromatic rings. The van der Waals surface area contributed by atoms with E-state index in [1.807, 2.05) is 10.9 Å². The Kier molecular flexibility index (Phi) is 5.06. The van der Waals surface area contributed by atoms with Crippen LogP contribution in [0, 0.1) is 10.8 Å². The molecule has 0 unspecified atom stereocenters. The molecule has 162 valence electrons. The van der Waals surface area contributed by atoms with Crippen molar-refractivity contribution in [3.63, 3.8) is 0 Å². The number of hydrogen-bond donors (Lipinski definition) is 1. The molecule has 3 fully saturated rings. The molecule has 0 bridgehead atoms. The van der Waals surface area contributed by atoms with Crippen molar-refractivity contribution < 1.29 is 9.47 Å². The molecule has 0 aromatic carbocycles. The van der Waals surface area contributed by atoms with Gasteiger partial charge in [0.2, 0.25) is 0 Å². The summed E-state index contributed by atoms with van der Waals surface area (Å²) in [6.45, 7) is 8.24. The van der Waals surface area contributed by atoms with Gasteiger partial charge < -0.3 is 14.8 Å². The van der Waals surface area contributed by atoms with Gasteiger partial charge in [-0.05, 0) is 44.6 Å². The minimum atomic E-state index is -0.0877. The Morgan fingerprint density at radius 1 is 1.07 bits per heavy atom. The van der Waals surface area contributed by atoms with Crippen LogP contribution >= 0.6 is 0 Å². The number of nitrogens with one attached hydrogen (secondary N) is 1. The van der Waals surface area contributed by atoms with Crippen LogP contribution in [-0.2, 0) is 9.47 Å². The summed E-state index contributed by atoms with van der Waals surface area (Å²) in [5, 5.41) is 16.7. The minimum absolute atomic E-state index is 0.0798. The number of rotatable bonds is 5. The Morgan fingerprint density at radius 2 is 1.80 bits per heavy atom. The van der Waals surface area contributed by atoms with Gasteiger partial charge in [0, 0.05) is 40.7 Å². The number of aromatic nitrogens is 4. The lowest BCUT2D eigenvalue weighted by molar-refractivity contribution is -0.271. The first-order valence-corrected chi connectivity index (χ1v) is 11.3. The van der Waals surface area contributed by atoms with Crippen LogP contribution in [0.15, 0.2) is 24.5 Å². The van der Waals surface area contributed by atoms with Gasteiger partial charge in [0.1, 0.15) is 0 Å². The fourth-order valence-corrected chi connectivity index (χ4v) is 4.72. The molecule has 30 heavy (non-hydrogen) atoms. The summed E-state index contributed by atoms with van der Waals surface area (Å²) in [6, 6.07) is 4.57. The number of nitrogens with zero attached hydrogens (tertiary/aromatic N) is 4. The Labute approximate surface area is 178 Å². The topological polar surface area (TPSA) is 74.1 Å². The molecule has 2 aromatic heterocycles. The summed E-state index contributed by atoms with van der Waals surface area (Å²) < 4.78 is 14.2. The zero-order valence-electron chi connectivity index (χ0n) is 18.3. The maximum absolute atomic E-state index is 6.11. The van der Waals surface area contributed by atoms with E-state index >= 15 is 0 Å². The van der Waals surface area contributed by atoms with Gasteiger partial charge in [-0.1, -0.05) is 20.8 Å². The van der Waals surface area contributed by atoms with Gasteiger partial charge in [-0.25, -0.2) is 4.68 Å². The van der Waals surface area contributed by atoms with Gasteiger partial charge >= 0.3 is 0 Å². The summed E-state index contributed by atoms with van der Waals surface area (Å²) in [6.07, 6.45) is 10.4. The van der Waals surface area contributed by atoms with Crippen LogP contribution in [0.2, 0.25) is 0 Å². The molecule has 3 aliphatic rings. The van der Waals surface area contributed by atoms with Crippen LogP contribution < -0.4 is 5.32 Å². The quantitative estimate of drug-likeness (QED) is 0.791. The largest absolute Gasteiger partial charge is 0.366 e. The van der Waals surface area contributed by atoms with Crippen LogP contribution in [-0.4, -0.2) is 45.5 Å². The Hall–Kier alpha value is -1.99. The molecule has 2 aliphatic carbocycles. The van der Waals surface area contributed by atoms with Crippen molar-refractivity contribution in [2.75, 3.05) is 18.5 Å². The van der Waals surface area contributed by atoms with Crippen molar-refractivity contribution in [3.05, 3.63) is 30.2 Å². The predicted molar refractivity (Wildman–Crippen MR) is 115 cm³/mol. The fraction of sp³-hybridized carbons (Fsp3) is 0.696. The van der Waals surface area contributed by atoms with E-state index in [2.05, 4.69) is 53.5 Å². The lowest BCUT2D eigenvalue weighted by Crippen LogP contribution is -2.48. The van der Waals surface area contributed by atoms with Gasteiger partial charge in [-0.15, -0.1) is 5.10 Å². The molecular formula is C23H33N5O2. The summed E-state index contributed by atoms with van der Waals surface area (Å²) >= 11 is 0. The van der Waals surface area contributed by atoms with Gasteiger partial charge in [0.15, 0.2) is 12.1 Å². The zero-order valence-corrected chi connectivity index (χ0v) is 18.3. The molecule has 7 nitrogen and oxygen atoms in total. The highest BCUT2D eigenvalue weighted by atomic mass is 16.7. The molecule has 0 spiro atoms. The molecule has 7 heteroatoms. The first-order valence-electron chi connectivity index (χ1n) is 11.3. The third-order valence-electron chi connectivity index (χ3n) is 6.85. The predicted octanol–water partition coefficient (Wildman–Crippen LogP) is 4.30. The second-order valence-corrected chi connectivity index (χ2v) is 10.4. The highest BCUT2D eigenvalue weighted by molar-refractivity contribution is 5.44. The lowest BCUT2D eigenvalue weighted by atomic mass is 9.73. The average Bonchev–Trinajstić information content (AvgIpc) is 3.46. The molecule has 3 heterocycles. The highest BCUT2D eigenvalue weighted by Gasteiger charge is 2.43. The molecule has 0 radical (unpaired) electrons. The first kappa shape index (κ1) is 19.9. The van der Waals surface area contributed by atoms with E-state index < -0.39 is 0 Å². The maximum atomic E-state index is 6.11. The van der Waals surface area contributed by atoms with E-state index in [9.17, 15) is 0 Å². The lowest BCUT2D eigenvalue weighted by Gasteiger charge is -2.46. The fourth-order valence-electron chi connectivity index (χ4n) is 4.72. The molecule has 0 amide bonds. The molecule has 1 N–H and O–H groups in total. The Balaban J connectivity index is 1.20. The van der Waals surface area contributed by atoms with E-state index in [1.54, 1.807) is 6.20 Å². The maximum Gasteiger partial charge on any atom is 0.162 e. The average molecular weight is 412 g/mol. The van der Waals surface area contributed by atoms with Gasteiger partial charge in [-0.2, -0.15) is 10.2 Å². The van der Waals surface area contributed by atoms with E-state index in [1.165, 1.54) is 18.5 Å². The molecule has 5 rings (SSSR count). The van der Waals surface area contributed by atoms with Crippen LogP contribution in [0.3, 0.4) is 0 Å². The molecule has 1 saturated heterocycles. The van der Waals surface area contributed by atoms with E-state index in [0.717, 1.165) is 50.4 Å². The van der Waals surface area contributed by atoms with Gasteiger partial charge in [0.25, 0.3) is 0 Å². The monoisotopic (exact) mass is 411 g/mol. The standard InChI is InChI=1S/C23H33N5O2/c1-22(2)14-29-21(30-15-22)23(3)9-6-17(7-10-23)26-20-12-18(13-24-27-20)28-19(8-11-25-28)16-4-5-16/h8,11-13,16-17,21H,4-7,9-10,14-15H2,1-3H3,(H,26,27). The van der Waals surface area contributed by atoms with Gasteiger partial charge in [-0.3, -0.25) is 0 Å². The second-order valence-electron chi connectivity index (χ2n) is 10.4. The van der Waals surface area contributed by atoms with Crippen molar-refractivity contribution in [1.82, 2.24) is 20.0 Å². The van der Waals surface area contributed by atoms with Crippen molar-refractivity contribution in [2.45, 2.75) is 77.5 Å². The van der Waals surface area contributed by atoms with Crippen LogP contribution in [0.1, 0.15) is 70.9 Å². The number of anilines is 1. The Bertz CT molecular complexity index is 873. The number of ether oxygens (including phenoxy) is 2. The molecule has 1 aliphatic heterocycles. The summed E-state index contributed by atoms with van der Waals surface area (Å²) in [5.41, 5.74) is 2.45. The van der Waals surface area contributed by atoms with Crippen molar-refractivity contribution >= 4 is 5.82 Å². The Morgan fingerprint density at radius 3 is 2.50 bits per heavy atom. The van der Waals surface area contributed by atoms with Crippen LogP contribution in [0.25, 0.3) is 5.69 Å². The first-order chi connectivity index (χ1) is 14.4. The van der Waals surface area contributed by atoms with Crippen LogP contribution in [0.5, 0.6) is 0 Å². The smallest absolute Gasteiger partial charge is 0.162 e. The van der Waals surface area contributed by atoms with E-state index in [0.29, 0.717) is 12.0 Å². The van der Waals surface area contributed by atoms with E-state index in [-0.39, 0.29) is 17.1 Å². The minimum Gasteiger partial charge on any atom is -0.366 e. The SMILES string of the molecule is CC1(C)COC(C2(C)CCC(Nc3cc(-n4nccc4C4CC4)cnn3)CC2)OC1. The summed E-state index contributed by atoms with van der Waals surface area (Å²) in [4.78, 5) is 0. The van der Waals surface area contributed by atoms with Crippen molar-refractivity contribution in [3.8, 4) is 5.69 Å². The number of hydrogen-bond acceptors (Lipinski definition) is 6. The van der Waals surface area contributed by atoms with E-state index in [4.69, 9.17) is 9.47 Å². The van der Waals surface area contributed by atoms with Crippen molar-refractivity contribution in [2.24, 2.45) is 10.8 Å². The third-order valence-corrected chi connectivity index (χ3v) is 6.85.